The van der Waals surface area contributed by atoms with Crippen molar-refractivity contribution in [2.45, 2.75) is 33.7 Å². The molecular weight excluding hydrogens is 487 g/mol. The monoisotopic (exact) mass is 520 g/mol. The maximum atomic E-state index is 14.7. The molecule has 0 atom stereocenters. The van der Waals surface area contributed by atoms with Gasteiger partial charge in [-0.1, -0.05) is 20.8 Å². The highest BCUT2D eigenvalue weighted by molar-refractivity contribution is 5.99. The van der Waals surface area contributed by atoms with Crippen molar-refractivity contribution in [1.82, 2.24) is 29.9 Å². The number of carbonyl (C=O) groups is 1. The van der Waals surface area contributed by atoms with Crippen LogP contribution in [0.15, 0.2) is 55.0 Å². The molecule has 3 N–H and O–H groups in total. The molecule has 2 amide bonds. The molecule has 200 valence electrons. The molecule has 3 heterocycles. The number of halogens is 1. The summed E-state index contributed by atoms with van der Waals surface area (Å²) in [6.07, 6.45) is 6.08. The number of nitrogens with one attached hydrogen (secondary N) is 3. The van der Waals surface area contributed by atoms with Crippen LogP contribution in [-0.2, 0) is 13.0 Å². The van der Waals surface area contributed by atoms with Crippen LogP contribution in [0.4, 0.5) is 20.7 Å². The fraction of sp³-hybridized carbons (Fsp3) is 0.333. The fourth-order valence-electron chi connectivity index (χ4n) is 3.71. The van der Waals surface area contributed by atoms with E-state index in [4.69, 9.17) is 4.74 Å². The van der Waals surface area contributed by atoms with E-state index in [1.54, 1.807) is 36.7 Å². The number of aromatic amines is 1. The van der Waals surface area contributed by atoms with Crippen LogP contribution in [0.2, 0.25) is 0 Å². The van der Waals surface area contributed by atoms with Crippen LogP contribution in [-0.4, -0.2) is 56.5 Å². The first kappa shape index (κ1) is 26.8. The first-order chi connectivity index (χ1) is 18.0. The summed E-state index contributed by atoms with van der Waals surface area (Å²) >= 11 is 0. The standard InChI is InChI=1S/C27H33FN8O2/c1-27(2,3)15-19-12-25(34-33-19)32-26(37)31-23-7-6-20(13-22(23)28)38-21-8-9-29-24(14-21)18-16-30-36(17-18)11-10-35(4)5/h6-9,12-14,16-17H,10-11,15H2,1-5H3,(H3,31,32,33,34,37). The van der Waals surface area contributed by atoms with Gasteiger partial charge < -0.3 is 15.0 Å². The van der Waals surface area contributed by atoms with Crippen molar-refractivity contribution in [2.75, 3.05) is 31.3 Å². The highest BCUT2D eigenvalue weighted by Crippen LogP contribution is 2.28. The van der Waals surface area contributed by atoms with Gasteiger partial charge in [-0.3, -0.25) is 20.1 Å². The van der Waals surface area contributed by atoms with Crippen LogP contribution < -0.4 is 15.4 Å². The molecule has 0 aliphatic rings. The Kier molecular flexibility index (Phi) is 8.06. The smallest absolute Gasteiger partial charge is 0.324 e. The molecule has 4 rings (SSSR count). The van der Waals surface area contributed by atoms with Crippen molar-refractivity contribution >= 4 is 17.5 Å². The topological polar surface area (TPSA) is 113 Å². The van der Waals surface area contributed by atoms with E-state index in [-0.39, 0.29) is 16.9 Å². The number of hydrogen-bond donors (Lipinski definition) is 3. The third-order valence-electron chi connectivity index (χ3n) is 5.45. The maximum absolute atomic E-state index is 14.7. The number of nitrogens with zero attached hydrogens (tertiary/aromatic N) is 5. The number of hydrogen-bond acceptors (Lipinski definition) is 6. The first-order valence-electron chi connectivity index (χ1n) is 12.3. The number of H-pyrrole nitrogens is 1. The molecule has 11 heteroatoms. The van der Waals surface area contributed by atoms with Gasteiger partial charge in [-0.25, -0.2) is 9.18 Å². The van der Waals surface area contributed by atoms with Crippen LogP contribution in [0.5, 0.6) is 11.5 Å². The van der Waals surface area contributed by atoms with Crippen molar-refractivity contribution in [2.24, 2.45) is 5.41 Å². The Labute approximate surface area is 221 Å². The van der Waals surface area contributed by atoms with Crippen molar-refractivity contribution in [1.29, 1.82) is 0 Å². The molecular formula is C27H33FN8O2. The van der Waals surface area contributed by atoms with Gasteiger partial charge in [-0.15, -0.1) is 0 Å². The number of anilines is 2. The van der Waals surface area contributed by atoms with Gasteiger partial charge in [-0.2, -0.15) is 10.2 Å². The van der Waals surface area contributed by atoms with Gasteiger partial charge in [0.2, 0.25) is 0 Å². The summed E-state index contributed by atoms with van der Waals surface area (Å²) in [5, 5.41) is 16.5. The van der Waals surface area contributed by atoms with Crippen LogP contribution in [0.3, 0.4) is 0 Å². The second-order valence-electron chi connectivity index (χ2n) is 10.5. The maximum Gasteiger partial charge on any atom is 0.324 e. The highest BCUT2D eigenvalue weighted by Gasteiger charge is 2.15. The zero-order valence-electron chi connectivity index (χ0n) is 22.2. The first-order valence-corrected chi connectivity index (χ1v) is 12.3. The van der Waals surface area contributed by atoms with E-state index in [1.165, 1.54) is 12.1 Å². The number of ether oxygens (including phenoxy) is 1. The Morgan fingerprint density at radius 1 is 1.13 bits per heavy atom. The molecule has 1 aromatic carbocycles. The fourth-order valence-corrected chi connectivity index (χ4v) is 3.71. The zero-order valence-corrected chi connectivity index (χ0v) is 22.2. The van der Waals surface area contributed by atoms with E-state index in [9.17, 15) is 9.18 Å². The molecule has 0 aliphatic heterocycles. The summed E-state index contributed by atoms with van der Waals surface area (Å²) < 4.78 is 22.5. The summed E-state index contributed by atoms with van der Waals surface area (Å²) in [6.45, 7) is 7.97. The summed E-state index contributed by atoms with van der Waals surface area (Å²) in [5.74, 6) is 0.508. The van der Waals surface area contributed by atoms with Crippen molar-refractivity contribution < 1.29 is 13.9 Å². The number of aromatic nitrogens is 5. The Bertz CT molecular complexity index is 1390. The molecule has 0 aliphatic carbocycles. The number of carbonyl (C=O) groups excluding carboxylic acids is 1. The lowest BCUT2D eigenvalue weighted by Gasteiger charge is -2.15. The van der Waals surface area contributed by atoms with E-state index in [2.05, 4.69) is 56.6 Å². The normalized spacial score (nSPS) is 11.6. The van der Waals surface area contributed by atoms with Gasteiger partial charge in [0.15, 0.2) is 5.82 Å². The van der Waals surface area contributed by atoms with Gasteiger partial charge in [0.25, 0.3) is 0 Å². The predicted octanol–water partition coefficient (Wildman–Crippen LogP) is 5.39. The number of likely N-dealkylation sites (N-methyl/N-ethyl adjacent to an activating group) is 1. The molecule has 0 fully saturated rings. The van der Waals surface area contributed by atoms with Crippen LogP contribution >= 0.6 is 0 Å². The number of rotatable bonds is 9. The summed E-state index contributed by atoms with van der Waals surface area (Å²) in [4.78, 5) is 18.8. The van der Waals surface area contributed by atoms with Crippen molar-refractivity contribution in [3.63, 3.8) is 0 Å². The molecule has 10 nitrogen and oxygen atoms in total. The zero-order chi connectivity index (χ0) is 27.3. The summed E-state index contributed by atoms with van der Waals surface area (Å²) in [7, 11) is 4.02. The van der Waals surface area contributed by atoms with Crippen molar-refractivity contribution in [3.8, 4) is 22.8 Å². The molecule has 0 unspecified atom stereocenters. The Morgan fingerprint density at radius 2 is 1.92 bits per heavy atom. The second-order valence-corrected chi connectivity index (χ2v) is 10.5. The van der Waals surface area contributed by atoms with Gasteiger partial charge in [0, 0.05) is 48.4 Å². The largest absolute Gasteiger partial charge is 0.457 e. The minimum Gasteiger partial charge on any atom is -0.457 e. The molecule has 0 bridgehead atoms. The molecule has 0 saturated carbocycles. The van der Waals surface area contributed by atoms with Crippen molar-refractivity contribution in [3.05, 3.63) is 66.5 Å². The molecule has 0 spiro atoms. The average Bonchev–Trinajstić information content (AvgIpc) is 3.48. The minimum atomic E-state index is -0.635. The second kappa shape index (κ2) is 11.4. The van der Waals surface area contributed by atoms with Gasteiger partial charge in [-0.05, 0) is 44.1 Å². The highest BCUT2D eigenvalue weighted by atomic mass is 19.1. The van der Waals surface area contributed by atoms with E-state index in [0.717, 1.165) is 30.8 Å². The quantitative estimate of drug-likeness (QED) is 0.273. The SMILES string of the molecule is CN(C)CCn1cc(-c2cc(Oc3ccc(NC(=O)Nc4cc(CC(C)(C)C)[nH]n4)c(F)c3)ccn2)cn1. The summed E-state index contributed by atoms with van der Waals surface area (Å²) in [6, 6.07) is 8.85. The number of benzene rings is 1. The van der Waals surface area contributed by atoms with Crippen LogP contribution in [0.25, 0.3) is 11.3 Å². The average molecular weight is 521 g/mol. The van der Waals surface area contributed by atoms with Crippen LogP contribution in [0.1, 0.15) is 26.5 Å². The molecule has 38 heavy (non-hydrogen) atoms. The third kappa shape index (κ3) is 7.62. The van der Waals surface area contributed by atoms with E-state index in [0.29, 0.717) is 17.3 Å². The molecule has 0 saturated heterocycles. The Morgan fingerprint density at radius 3 is 2.66 bits per heavy atom. The van der Waals surface area contributed by atoms with E-state index >= 15 is 0 Å². The number of pyridine rings is 1. The lowest BCUT2D eigenvalue weighted by atomic mass is 9.91. The molecule has 4 aromatic rings. The number of amides is 2. The minimum absolute atomic E-state index is 0.0147. The van der Waals surface area contributed by atoms with Gasteiger partial charge in [0.05, 0.1) is 24.1 Å². The van der Waals surface area contributed by atoms with E-state index in [1.807, 2.05) is 25.0 Å². The lowest BCUT2D eigenvalue weighted by Crippen LogP contribution is -2.20. The van der Waals surface area contributed by atoms with Gasteiger partial charge >= 0.3 is 6.03 Å². The molecule has 0 radical (unpaired) electrons. The van der Waals surface area contributed by atoms with E-state index < -0.39 is 11.8 Å². The Balaban J connectivity index is 1.36. The molecule has 3 aromatic heterocycles. The Hall–Kier alpha value is -4.25. The number of urea groups is 1. The predicted molar refractivity (Wildman–Crippen MR) is 145 cm³/mol. The lowest BCUT2D eigenvalue weighted by molar-refractivity contribution is 0.262. The van der Waals surface area contributed by atoms with Gasteiger partial charge in [0.1, 0.15) is 17.3 Å². The van der Waals surface area contributed by atoms with Crippen LogP contribution in [0, 0.1) is 11.2 Å². The summed E-state index contributed by atoms with van der Waals surface area (Å²) in [5.41, 5.74) is 2.54. The third-order valence-corrected chi connectivity index (χ3v) is 5.45.